The molecule has 0 saturated carbocycles. The molecule has 3 rings (SSSR count). The highest BCUT2D eigenvalue weighted by molar-refractivity contribution is 6.54. The molecule has 2 aromatic rings. The van der Waals surface area contributed by atoms with Gasteiger partial charge in [-0.25, -0.2) is 4.79 Å². The van der Waals surface area contributed by atoms with E-state index < -0.39 is 16.8 Å². The van der Waals surface area contributed by atoms with Crippen LogP contribution in [0.2, 0.25) is 10.0 Å². The maximum atomic E-state index is 13.0. The van der Waals surface area contributed by atoms with Crippen LogP contribution in [-0.2, 0) is 21.0 Å². The summed E-state index contributed by atoms with van der Waals surface area (Å²) in [5, 5.41) is 15.6. The maximum Gasteiger partial charge on any atom is 0.335 e. The summed E-state index contributed by atoms with van der Waals surface area (Å²) >= 11 is 17.7. The topological polar surface area (TPSA) is 102 Å². The molecule has 0 atom stereocenters. The lowest BCUT2D eigenvalue weighted by molar-refractivity contribution is -0.384. The van der Waals surface area contributed by atoms with E-state index in [1.807, 2.05) is 0 Å². The van der Waals surface area contributed by atoms with Crippen LogP contribution in [0.25, 0.3) is 0 Å². The standard InChI is InChI=1S/C19H14Cl3N3O5/c20-7-1-2-17(26)30-23-18-14-9-13(25(28)29)5-6-16(14)24(19(18)27)10-11-3-4-12(21)8-15(11)22/h3-6,8-9H,1-2,7,10H2/b23-18+. The summed E-state index contributed by atoms with van der Waals surface area (Å²) in [6.45, 7) is 0.0683. The fraction of sp³-hybridized carbons (Fsp3) is 0.211. The summed E-state index contributed by atoms with van der Waals surface area (Å²) in [6, 6.07) is 8.77. The molecule has 1 aliphatic heterocycles. The van der Waals surface area contributed by atoms with Gasteiger partial charge in [-0.05, 0) is 30.2 Å². The number of carbonyl (C=O) groups is 2. The minimum Gasteiger partial charge on any atom is -0.317 e. The smallest absolute Gasteiger partial charge is 0.317 e. The second-order valence-electron chi connectivity index (χ2n) is 6.28. The number of alkyl halides is 1. The second kappa shape index (κ2) is 9.42. The summed E-state index contributed by atoms with van der Waals surface area (Å²) in [5.74, 6) is -0.973. The Labute approximate surface area is 186 Å². The first-order valence-electron chi connectivity index (χ1n) is 8.70. The van der Waals surface area contributed by atoms with E-state index in [0.717, 1.165) is 0 Å². The van der Waals surface area contributed by atoms with Crippen molar-refractivity contribution >= 4 is 63.8 Å². The summed E-state index contributed by atoms with van der Waals surface area (Å²) in [6.07, 6.45) is 0.419. The molecular weight excluding hydrogens is 457 g/mol. The second-order valence-corrected chi connectivity index (χ2v) is 7.50. The van der Waals surface area contributed by atoms with E-state index in [-0.39, 0.29) is 35.8 Å². The number of oxime groups is 1. The van der Waals surface area contributed by atoms with Gasteiger partial charge < -0.3 is 9.74 Å². The number of nitrogens with zero attached hydrogens (tertiary/aromatic N) is 3. The molecule has 0 unspecified atom stereocenters. The Morgan fingerprint density at radius 1 is 1.20 bits per heavy atom. The first-order valence-corrected chi connectivity index (χ1v) is 9.99. The van der Waals surface area contributed by atoms with Crippen molar-refractivity contribution < 1.29 is 19.3 Å². The third-order valence-corrected chi connectivity index (χ3v) is 5.14. The Morgan fingerprint density at radius 3 is 2.63 bits per heavy atom. The first kappa shape index (κ1) is 22.0. The number of hydrogen-bond donors (Lipinski definition) is 0. The number of hydrogen-bond acceptors (Lipinski definition) is 6. The van der Waals surface area contributed by atoms with Crippen LogP contribution in [0.4, 0.5) is 11.4 Å². The minimum atomic E-state index is -0.665. The number of nitro benzene ring substituents is 1. The van der Waals surface area contributed by atoms with E-state index in [1.165, 1.54) is 23.1 Å². The summed E-state index contributed by atoms with van der Waals surface area (Å²) in [5.41, 5.74) is 0.739. The van der Waals surface area contributed by atoms with Gasteiger partial charge in [0.15, 0.2) is 5.71 Å². The Balaban J connectivity index is 1.97. The minimum absolute atomic E-state index is 0.0281. The van der Waals surface area contributed by atoms with Crippen molar-refractivity contribution in [2.75, 3.05) is 10.8 Å². The number of anilines is 1. The molecule has 0 saturated heterocycles. The number of rotatable bonds is 7. The fourth-order valence-electron chi connectivity index (χ4n) is 2.83. The largest absolute Gasteiger partial charge is 0.335 e. The van der Waals surface area contributed by atoms with E-state index in [9.17, 15) is 19.7 Å². The molecule has 1 aliphatic rings. The lowest BCUT2D eigenvalue weighted by Gasteiger charge is -2.17. The Hall–Kier alpha value is -2.68. The average Bonchev–Trinajstić information content (AvgIpc) is 2.97. The molecule has 0 aromatic heterocycles. The van der Waals surface area contributed by atoms with Gasteiger partial charge in [0, 0.05) is 40.0 Å². The molecule has 0 spiro atoms. The van der Waals surface area contributed by atoms with Crippen LogP contribution < -0.4 is 4.90 Å². The van der Waals surface area contributed by atoms with Crippen LogP contribution in [0.1, 0.15) is 24.0 Å². The summed E-state index contributed by atoms with van der Waals surface area (Å²) in [7, 11) is 0. The van der Waals surface area contributed by atoms with Gasteiger partial charge in [0.25, 0.3) is 11.6 Å². The van der Waals surface area contributed by atoms with Crippen LogP contribution in [0.15, 0.2) is 41.6 Å². The number of non-ortho nitro benzene ring substituents is 1. The Kier molecular flexibility index (Phi) is 6.91. The van der Waals surface area contributed by atoms with Crippen molar-refractivity contribution in [3.8, 4) is 0 Å². The highest BCUT2D eigenvalue weighted by Gasteiger charge is 2.36. The van der Waals surface area contributed by atoms with Crippen LogP contribution in [0, 0.1) is 10.1 Å². The SMILES string of the molecule is O=C(CCCCl)O/N=C1/C(=O)N(Cc2ccc(Cl)cc2Cl)c2ccc([N+](=O)[O-])cc21. The molecule has 1 amide bonds. The number of amides is 1. The quantitative estimate of drug-likeness (QED) is 0.252. The van der Waals surface area contributed by atoms with Gasteiger partial charge in [-0.2, -0.15) is 0 Å². The molecular formula is C19H14Cl3N3O5. The molecule has 0 bridgehead atoms. The molecule has 2 aromatic carbocycles. The average molecular weight is 471 g/mol. The predicted octanol–water partition coefficient (Wildman–Crippen LogP) is 4.71. The molecule has 0 aliphatic carbocycles. The molecule has 11 heteroatoms. The van der Waals surface area contributed by atoms with Crippen LogP contribution in [0.3, 0.4) is 0 Å². The molecule has 0 N–H and O–H groups in total. The zero-order chi connectivity index (χ0) is 21.8. The van der Waals surface area contributed by atoms with Crippen molar-refractivity contribution in [3.05, 3.63) is 67.7 Å². The molecule has 156 valence electrons. The molecule has 8 nitrogen and oxygen atoms in total. The van der Waals surface area contributed by atoms with Gasteiger partial charge in [-0.1, -0.05) is 34.4 Å². The Morgan fingerprint density at radius 2 is 1.97 bits per heavy atom. The molecule has 1 heterocycles. The lowest BCUT2D eigenvalue weighted by atomic mass is 10.1. The predicted molar refractivity (Wildman–Crippen MR) is 113 cm³/mol. The van der Waals surface area contributed by atoms with Gasteiger partial charge in [-0.3, -0.25) is 14.9 Å². The van der Waals surface area contributed by atoms with Gasteiger partial charge in [0.1, 0.15) is 0 Å². The van der Waals surface area contributed by atoms with Crippen molar-refractivity contribution in [3.63, 3.8) is 0 Å². The van der Waals surface area contributed by atoms with Crippen molar-refractivity contribution in [2.24, 2.45) is 5.16 Å². The third kappa shape index (κ3) is 4.72. The number of carbonyl (C=O) groups excluding carboxylic acids is 2. The molecule has 30 heavy (non-hydrogen) atoms. The maximum absolute atomic E-state index is 13.0. The fourth-order valence-corrected chi connectivity index (χ4v) is 3.44. The number of benzene rings is 2. The van der Waals surface area contributed by atoms with E-state index in [2.05, 4.69) is 5.16 Å². The highest BCUT2D eigenvalue weighted by atomic mass is 35.5. The summed E-state index contributed by atoms with van der Waals surface area (Å²) < 4.78 is 0. The van der Waals surface area contributed by atoms with Gasteiger partial charge in [0.2, 0.25) is 0 Å². The molecule has 0 radical (unpaired) electrons. The zero-order valence-corrected chi connectivity index (χ0v) is 17.6. The van der Waals surface area contributed by atoms with Crippen LogP contribution in [0.5, 0.6) is 0 Å². The Bertz CT molecular complexity index is 1060. The highest BCUT2D eigenvalue weighted by Crippen LogP contribution is 2.35. The third-order valence-electron chi connectivity index (χ3n) is 4.28. The summed E-state index contributed by atoms with van der Waals surface area (Å²) in [4.78, 5) is 41.5. The van der Waals surface area contributed by atoms with Crippen LogP contribution >= 0.6 is 34.8 Å². The van der Waals surface area contributed by atoms with E-state index in [1.54, 1.807) is 18.2 Å². The molecule has 0 fully saturated rings. The van der Waals surface area contributed by atoms with Crippen LogP contribution in [-0.4, -0.2) is 28.4 Å². The zero-order valence-electron chi connectivity index (χ0n) is 15.3. The lowest BCUT2D eigenvalue weighted by Crippen LogP contribution is -2.30. The van der Waals surface area contributed by atoms with Crippen molar-refractivity contribution in [1.29, 1.82) is 0 Å². The van der Waals surface area contributed by atoms with E-state index >= 15 is 0 Å². The van der Waals surface area contributed by atoms with E-state index in [4.69, 9.17) is 39.6 Å². The number of halogens is 3. The van der Waals surface area contributed by atoms with Crippen molar-refractivity contribution in [2.45, 2.75) is 19.4 Å². The van der Waals surface area contributed by atoms with Gasteiger partial charge in [0.05, 0.1) is 17.2 Å². The van der Waals surface area contributed by atoms with Gasteiger partial charge >= 0.3 is 5.97 Å². The number of fused-ring (bicyclic) bond motifs is 1. The van der Waals surface area contributed by atoms with Gasteiger partial charge in [-0.15, -0.1) is 11.6 Å². The van der Waals surface area contributed by atoms with E-state index in [0.29, 0.717) is 27.7 Å². The number of nitro groups is 1. The first-order chi connectivity index (χ1) is 14.3. The monoisotopic (exact) mass is 469 g/mol. The normalized spacial score (nSPS) is 14.2. The van der Waals surface area contributed by atoms with Crippen molar-refractivity contribution in [1.82, 2.24) is 0 Å².